The summed E-state index contributed by atoms with van der Waals surface area (Å²) in [5.74, 6) is 0. The van der Waals surface area contributed by atoms with Gasteiger partial charge in [0.1, 0.15) is 0 Å². The Labute approximate surface area is 270 Å². The van der Waals surface area contributed by atoms with Gasteiger partial charge in [0.05, 0.1) is 61.4 Å². The standard InChI is InChI=1S/C41H26N4S/c1-41(2)31-12-4-6-14-35(31)45(36-15-7-5-13-32(36)41)38-17-9-11-28-27-10-8-16-37(39(27)46-40(28)38)44-33-20-18-25(24-42)22-29(33)30-23-26(43-3)19-21-34(30)44/h4-23H,1-2H3. The first-order chi connectivity index (χ1) is 22.5. The number of nitrogens with zero attached hydrogens (tertiary/aromatic N) is 4. The van der Waals surface area contributed by atoms with Crippen molar-refractivity contribution < 1.29 is 0 Å². The van der Waals surface area contributed by atoms with Crippen LogP contribution >= 0.6 is 11.3 Å². The van der Waals surface area contributed by atoms with Crippen LogP contribution in [0.4, 0.5) is 22.7 Å². The number of thiophene rings is 1. The number of fused-ring (bicyclic) bond motifs is 8. The number of rotatable bonds is 2. The van der Waals surface area contributed by atoms with E-state index < -0.39 is 0 Å². The highest BCUT2D eigenvalue weighted by Crippen LogP contribution is 2.54. The second kappa shape index (κ2) is 9.56. The molecule has 0 fully saturated rings. The largest absolute Gasteiger partial charge is 0.308 e. The lowest BCUT2D eigenvalue weighted by atomic mass is 9.73. The molecule has 0 radical (unpaired) electrons. The average Bonchev–Trinajstić information content (AvgIpc) is 3.64. The Morgan fingerprint density at radius 2 is 1.20 bits per heavy atom. The fraction of sp³-hybridized carbons (Fsp3) is 0.0732. The van der Waals surface area contributed by atoms with Gasteiger partial charge in [-0.2, -0.15) is 5.26 Å². The molecular weight excluding hydrogens is 581 g/mol. The van der Waals surface area contributed by atoms with Crippen molar-refractivity contribution in [1.82, 2.24) is 4.57 Å². The number of anilines is 3. The zero-order valence-corrected chi connectivity index (χ0v) is 26.1. The Hall–Kier alpha value is -5.88. The minimum atomic E-state index is -0.125. The first kappa shape index (κ1) is 26.5. The van der Waals surface area contributed by atoms with Gasteiger partial charge in [0.25, 0.3) is 0 Å². The van der Waals surface area contributed by atoms with Crippen LogP contribution in [-0.2, 0) is 5.41 Å². The first-order valence-corrected chi connectivity index (χ1v) is 16.1. The monoisotopic (exact) mass is 606 g/mol. The van der Waals surface area contributed by atoms with Gasteiger partial charge in [-0.05, 0) is 71.1 Å². The molecule has 0 atom stereocenters. The number of aromatic nitrogens is 1. The molecule has 0 bridgehead atoms. The molecule has 0 saturated heterocycles. The minimum absolute atomic E-state index is 0.125. The molecule has 1 aliphatic heterocycles. The summed E-state index contributed by atoms with van der Waals surface area (Å²) < 4.78 is 4.73. The Morgan fingerprint density at radius 1 is 0.630 bits per heavy atom. The van der Waals surface area contributed by atoms with Gasteiger partial charge in [0, 0.05) is 21.6 Å². The van der Waals surface area contributed by atoms with Gasteiger partial charge < -0.3 is 9.47 Å². The maximum absolute atomic E-state index is 9.69. The predicted octanol–water partition coefficient (Wildman–Crippen LogP) is 11.7. The summed E-state index contributed by atoms with van der Waals surface area (Å²) in [5.41, 5.74) is 10.4. The predicted molar refractivity (Wildman–Crippen MR) is 191 cm³/mol. The van der Waals surface area contributed by atoms with E-state index in [9.17, 15) is 5.26 Å². The Bertz CT molecular complexity index is 2540. The van der Waals surface area contributed by atoms with Crippen molar-refractivity contribution in [1.29, 1.82) is 5.26 Å². The second-order valence-corrected chi connectivity index (χ2v) is 13.4. The number of nitriles is 1. The van der Waals surface area contributed by atoms with Gasteiger partial charge in [-0.15, -0.1) is 11.3 Å². The lowest BCUT2D eigenvalue weighted by Crippen LogP contribution is -2.30. The number of para-hydroxylation sites is 2. The van der Waals surface area contributed by atoms with Crippen molar-refractivity contribution in [2.45, 2.75) is 19.3 Å². The molecule has 2 aromatic heterocycles. The van der Waals surface area contributed by atoms with Crippen LogP contribution in [-0.4, -0.2) is 4.57 Å². The summed E-state index contributed by atoms with van der Waals surface area (Å²) in [7, 11) is 0. The maximum atomic E-state index is 9.69. The zero-order valence-electron chi connectivity index (χ0n) is 25.2. The van der Waals surface area contributed by atoms with E-state index in [4.69, 9.17) is 6.57 Å². The normalized spacial score (nSPS) is 13.5. The average molecular weight is 607 g/mol. The van der Waals surface area contributed by atoms with Crippen LogP contribution in [0.3, 0.4) is 0 Å². The van der Waals surface area contributed by atoms with Crippen LogP contribution in [0.2, 0.25) is 0 Å². The van der Waals surface area contributed by atoms with E-state index in [-0.39, 0.29) is 5.41 Å². The molecule has 1 aliphatic rings. The molecule has 3 heterocycles. The maximum Gasteiger partial charge on any atom is 0.188 e. The molecule has 8 aromatic rings. The van der Waals surface area contributed by atoms with E-state index in [1.54, 1.807) is 0 Å². The first-order valence-electron chi connectivity index (χ1n) is 15.3. The van der Waals surface area contributed by atoms with E-state index in [0.717, 1.165) is 27.5 Å². The van der Waals surface area contributed by atoms with Crippen molar-refractivity contribution in [2.75, 3.05) is 4.90 Å². The van der Waals surface area contributed by atoms with Crippen molar-refractivity contribution >= 4 is 76.1 Å². The molecule has 0 aliphatic carbocycles. The van der Waals surface area contributed by atoms with Crippen molar-refractivity contribution in [3.05, 3.63) is 149 Å². The minimum Gasteiger partial charge on any atom is -0.308 e. The van der Waals surface area contributed by atoms with Gasteiger partial charge in [-0.1, -0.05) is 80.6 Å². The highest BCUT2D eigenvalue weighted by molar-refractivity contribution is 7.26. The van der Waals surface area contributed by atoms with Gasteiger partial charge in [0.15, 0.2) is 5.69 Å². The number of benzene rings is 6. The molecule has 5 heteroatoms. The molecule has 6 aromatic carbocycles. The van der Waals surface area contributed by atoms with Crippen LogP contribution in [0, 0.1) is 17.9 Å². The van der Waals surface area contributed by atoms with Gasteiger partial charge in [0.2, 0.25) is 0 Å². The third kappa shape index (κ3) is 3.52. The number of hydrogen-bond donors (Lipinski definition) is 0. The Kier molecular flexibility index (Phi) is 5.51. The Balaban J connectivity index is 1.35. The lowest BCUT2D eigenvalue weighted by Gasteiger charge is -2.42. The van der Waals surface area contributed by atoms with Crippen molar-refractivity contribution in [3.8, 4) is 11.8 Å². The SMILES string of the molecule is [C-]#[N+]c1ccc2c(c1)c1cc(C#N)ccc1n2-c1cccc2c1sc1c(N3c4ccccc4C(C)(C)c4ccccc43)cccc12. The third-order valence-electron chi connectivity index (χ3n) is 9.61. The van der Waals surface area contributed by atoms with E-state index in [1.807, 2.05) is 47.7 Å². The van der Waals surface area contributed by atoms with E-state index in [0.29, 0.717) is 11.3 Å². The van der Waals surface area contributed by atoms with Crippen molar-refractivity contribution in [3.63, 3.8) is 0 Å². The highest BCUT2D eigenvalue weighted by atomic mass is 32.1. The van der Waals surface area contributed by atoms with Gasteiger partial charge in [-0.25, -0.2) is 4.85 Å². The van der Waals surface area contributed by atoms with Crippen LogP contribution in [0.5, 0.6) is 0 Å². The fourth-order valence-electron chi connectivity index (χ4n) is 7.48. The smallest absolute Gasteiger partial charge is 0.188 e. The molecule has 0 N–H and O–H groups in total. The molecule has 0 spiro atoms. The molecule has 46 heavy (non-hydrogen) atoms. The topological polar surface area (TPSA) is 36.3 Å². The molecular formula is C41H26N4S. The summed E-state index contributed by atoms with van der Waals surface area (Å²) in [6.07, 6.45) is 0. The lowest BCUT2D eigenvalue weighted by molar-refractivity contribution is 0.632. The third-order valence-corrected chi connectivity index (χ3v) is 10.9. The summed E-state index contributed by atoms with van der Waals surface area (Å²) >= 11 is 1.83. The summed E-state index contributed by atoms with van der Waals surface area (Å²) in [6, 6.07) is 44.8. The van der Waals surface area contributed by atoms with Crippen LogP contribution < -0.4 is 4.90 Å². The van der Waals surface area contributed by atoms with Crippen LogP contribution in [0.15, 0.2) is 121 Å². The molecule has 0 amide bonds. The van der Waals surface area contributed by atoms with Crippen LogP contribution in [0.25, 0.3) is 52.5 Å². The summed E-state index contributed by atoms with van der Waals surface area (Å²) in [5, 5.41) is 14.1. The quantitative estimate of drug-likeness (QED) is 0.184. The second-order valence-electron chi connectivity index (χ2n) is 12.4. The molecule has 0 saturated carbocycles. The van der Waals surface area contributed by atoms with Crippen LogP contribution in [0.1, 0.15) is 30.5 Å². The van der Waals surface area contributed by atoms with Gasteiger partial charge in [-0.3, -0.25) is 0 Å². The highest BCUT2D eigenvalue weighted by Gasteiger charge is 2.37. The zero-order chi connectivity index (χ0) is 31.2. The molecule has 216 valence electrons. The van der Waals surface area contributed by atoms with E-state index in [2.05, 4.69) is 119 Å². The summed E-state index contributed by atoms with van der Waals surface area (Å²) in [4.78, 5) is 6.15. The van der Waals surface area contributed by atoms with E-state index >= 15 is 0 Å². The summed E-state index contributed by atoms with van der Waals surface area (Å²) in [6.45, 7) is 12.3. The molecule has 9 rings (SSSR count). The van der Waals surface area contributed by atoms with E-state index in [1.165, 1.54) is 48.4 Å². The Morgan fingerprint density at radius 3 is 1.85 bits per heavy atom. The van der Waals surface area contributed by atoms with Gasteiger partial charge >= 0.3 is 0 Å². The molecule has 4 nitrogen and oxygen atoms in total. The fourth-order valence-corrected chi connectivity index (χ4v) is 8.79. The molecule has 0 unspecified atom stereocenters. The number of hydrogen-bond acceptors (Lipinski definition) is 3. The van der Waals surface area contributed by atoms with Crippen molar-refractivity contribution in [2.24, 2.45) is 0 Å².